The molecule has 2 aromatic carbocycles. The molecule has 2 heterocycles. The zero-order valence-electron chi connectivity index (χ0n) is 11.5. The maximum Gasteiger partial charge on any atom is 0.193 e. The molecule has 4 rings (SSSR count). The van der Waals surface area contributed by atoms with Crippen molar-refractivity contribution in [3.63, 3.8) is 0 Å². The number of aromatic nitrogens is 1. The lowest BCUT2D eigenvalue weighted by molar-refractivity contribution is 0.104. The van der Waals surface area contributed by atoms with Gasteiger partial charge in [-0.25, -0.2) is 0 Å². The number of hydrogen-bond acceptors (Lipinski definition) is 3. The summed E-state index contributed by atoms with van der Waals surface area (Å²) in [6.07, 6.45) is 3.51. The zero-order chi connectivity index (χ0) is 14.2. The third-order valence-electron chi connectivity index (χ3n) is 4.03. The molecule has 3 aromatic rings. The van der Waals surface area contributed by atoms with Gasteiger partial charge in [0.15, 0.2) is 5.78 Å². The zero-order valence-corrected chi connectivity index (χ0v) is 11.5. The molecule has 1 N–H and O–H groups in total. The van der Waals surface area contributed by atoms with Gasteiger partial charge in [-0.15, -0.1) is 0 Å². The normalized spacial score (nSPS) is 13.3. The summed E-state index contributed by atoms with van der Waals surface area (Å²) in [6.45, 7) is 1.73. The lowest BCUT2D eigenvalue weighted by Gasteiger charge is -2.07. The summed E-state index contributed by atoms with van der Waals surface area (Å²) in [5, 5.41) is 5.25. The molecule has 0 fully saturated rings. The number of carbonyl (C=O) groups is 1. The molecule has 0 aliphatic carbocycles. The van der Waals surface area contributed by atoms with Gasteiger partial charge in [0.25, 0.3) is 0 Å². The van der Waals surface area contributed by atoms with Gasteiger partial charge in [-0.2, -0.15) is 0 Å². The van der Waals surface area contributed by atoms with Gasteiger partial charge in [0.05, 0.1) is 0 Å². The highest BCUT2D eigenvalue weighted by atomic mass is 16.1. The third-order valence-corrected chi connectivity index (χ3v) is 4.03. The van der Waals surface area contributed by atoms with Crippen molar-refractivity contribution in [3.8, 4) is 0 Å². The molecule has 0 amide bonds. The quantitative estimate of drug-likeness (QED) is 0.730. The predicted molar refractivity (Wildman–Crippen MR) is 82.2 cm³/mol. The van der Waals surface area contributed by atoms with E-state index in [9.17, 15) is 4.79 Å². The first kappa shape index (κ1) is 12.2. The minimum absolute atomic E-state index is 0.0586. The first-order valence-electron chi connectivity index (χ1n) is 7.03. The summed E-state index contributed by atoms with van der Waals surface area (Å²) in [5.74, 6) is 0.0586. The minimum Gasteiger partial charge on any atom is -0.309 e. The van der Waals surface area contributed by atoms with Crippen LogP contribution in [0, 0.1) is 0 Å². The first-order valence-corrected chi connectivity index (χ1v) is 7.03. The molecule has 1 aromatic heterocycles. The maximum absolute atomic E-state index is 12.8. The standard InChI is InChI=1S/C18H14N2O/c21-18(13-4-5-14-9-20-10-15(14)8-13)16-3-1-2-12-6-7-19-11-17(12)16/h1-8,11,20H,9-10H2. The Labute approximate surface area is 122 Å². The average molecular weight is 274 g/mol. The Morgan fingerprint density at radius 3 is 2.90 bits per heavy atom. The maximum atomic E-state index is 12.8. The fourth-order valence-corrected chi connectivity index (χ4v) is 2.90. The van der Waals surface area contributed by atoms with Crippen molar-refractivity contribution in [3.05, 3.63) is 77.1 Å². The van der Waals surface area contributed by atoms with Crippen molar-refractivity contribution in [1.82, 2.24) is 10.3 Å². The molecule has 0 atom stereocenters. The Morgan fingerprint density at radius 1 is 1.05 bits per heavy atom. The van der Waals surface area contributed by atoms with Crippen LogP contribution in [-0.4, -0.2) is 10.8 Å². The van der Waals surface area contributed by atoms with Crippen molar-refractivity contribution >= 4 is 16.6 Å². The molecule has 1 aliphatic heterocycles. The van der Waals surface area contributed by atoms with E-state index in [4.69, 9.17) is 0 Å². The van der Waals surface area contributed by atoms with Gasteiger partial charge in [-0.05, 0) is 28.6 Å². The highest BCUT2D eigenvalue weighted by Crippen LogP contribution is 2.23. The van der Waals surface area contributed by atoms with Crippen LogP contribution >= 0.6 is 0 Å². The van der Waals surface area contributed by atoms with Crippen molar-refractivity contribution in [2.24, 2.45) is 0 Å². The molecule has 0 bridgehead atoms. The highest BCUT2D eigenvalue weighted by molar-refractivity contribution is 6.16. The van der Waals surface area contributed by atoms with Crippen molar-refractivity contribution in [2.75, 3.05) is 0 Å². The van der Waals surface area contributed by atoms with Crippen LogP contribution < -0.4 is 5.32 Å². The van der Waals surface area contributed by atoms with Gasteiger partial charge in [0, 0.05) is 42.0 Å². The Bertz CT molecular complexity index is 849. The van der Waals surface area contributed by atoms with E-state index in [-0.39, 0.29) is 5.78 Å². The molecule has 3 nitrogen and oxygen atoms in total. The topological polar surface area (TPSA) is 42.0 Å². The van der Waals surface area contributed by atoms with Crippen LogP contribution in [0.1, 0.15) is 27.0 Å². The molecule has 0 unspecified atom stereocenters. The monoisotopic (exact) mass is 274 g/mol. The first-order chi connectivity index (χ1) is 10.3. The Hall–Kier alpha value is -2.52. The van der Waals surface area contributed by atoms with E-state index in [1.165, 1.54) is 11.1 Å². The molecule has 21 heavy (non-hydrogen) atoms. The van der Waals surface area contributed by atoms with E-state index in [0.717, 1.165) is 29.4 Å². The second-order valence-corrected chi connectivity index (χ2v) is 5.32. The predicted octanol–water partition coefficient (Wildman–Crippen LogP) is 3.07. The lowest BCUT2D eigenvalue weighted by Crippen LogP contribution is -2.03. The number of ketones is 1. The molecular formula is C18H14N2O. The van der Waals surface area contributed by atoms with Gasteiger partial charge in [-0.3, -0.25) is 9.78 Å². The van der Waals surface area contributed by atoms with Crippen molar-refractivity contribution in [1.29, 1.82) is 0 Å². The molecule has 1 aliphatic rings. The highest BCUT2D eigenvalue weighted by Gasteiger charge is 2.16. The van der Waals surface area contributed by atoms with Crippen LogP contribution in [-0.2, 0) is 13.1 Å². The van der Waals surface area contributed by atoms with Crippen LogP contribution in [0.25, 0.3) is 10.8 Å². The van der Waals surface area contributed by atoms with E-state index in [1.807, 2.05) is 42.5 Å². The number of pyridine rings is 1. The van der Waals surface area contributed by atoms with Crippen LogP contribution in [0.3, 0.4) is 0 Å². The third kappa shape index (κ3) is 2.03. The SMILES string of the molecule is O=C(c1ccc2c(c1)CNC2)c1cccc2ccncc12. The van der Waals surface area contributed by atoms with Gasteiger partial charge in [0.1, 0.15) is 0 Å². The summed E-state index contributed by atoms with van der Waals surface area (Å²) in [6, 6.07) is 13.7. The van der Waals surface area contributed by atoms with E-state index >= 15 is 0 Å². The van der Waals surface area contributed by atoms with E-state index in [2.05, 4.69) is 10.3 Å². The number of fused-ring (bicyclic) bond motifs is 2. The van der Waals surface area contributed by atoms with Crippen LogP contribution in [0.15, 0.2) is 54.9 Å². The Morgan fingerprint density at radius 2 is 1.95 bits per heavy atom. The van der Waals surface area contributed by atoms with E-state index < -0.39 is 0 Å². The average Bonchev–Trinajstić information content (AvgIpc) is 3.01. The number of nitrogens with zero attached hydrogens (tertiary/aromatic N) is 1. The van der Waals surface area contributed by atoms with Gasteiger partial charge in [-0.1, -0.05) is 30.3 Å². The van der Waals surface area contributed by atoms with E-state index in [1.54, 1.807) is 12.4 Å². The number of carbonyl (C=O) groups excluding carboxylic acids is 1. The van der Waals surface area contributed by atoms with Gasteiger partial charge in [0.2, 0.25) is 0 Å². The fraction of sp³-hybridized carbons (Fsp3) is 0.111. The molecule has 0 radical (unpaired) electrons. The second kappa shape index (κ2) is 4.79. The van der Waals surface area contributed by atoms with E-state index in [0.29, 0.717) is 5.56 Å². The van der Waals surface area contributed by atoms with Gasteiger partial charge >= 0.3 is 0 Å². The molecule has 3 heteroatoms. The minimum atomic E-state index is 0.0586. The molecule has 102 valence electrons. The summed E-state index contributed by atoms with van der Waals surface area (Å²) >= 11 is 0. The smallest absolute Gasteiger partial charge is 0.193 e. The molecular weight excluding hydrogens is 260 g/mol. The number of hydrogen-bond donors (Lipinski definition) is 1. The summed E-state index contributed by atoms with van der Waals surface area (Å²) < 4.78 is 0. The molecule has 0 saturated carbocycles. The van der Waals surface area contributed by atoms with Crippen molar-refractivity contribution in [2.45, 2.75) is 13.1 Å². The summed E-state index contributed by atoms with van der Waals surface area (Å²) in [4.78, 5) is 17.0. The number of rotatable bonds is 2. The number of nitrogens with one attached hydrogen (secondary N) is 1. The Kier molecular flexibility index (Phi) is 2.79. The van der Waals surface area contributed by atoms with Crippen LogP contribution in [0.2, 0.25) is 0 Å². The lowest BCUT2D eigenvalue weighted by atomic mass is 9.96. The Balaban J connectivity index is 1.83. The summed E-state index contributed by atoms with van der Waals surface area (Å²) in [7, 11) is 0. The number of benzene rings is 2. The molecule has 0 spiro atoms. The second-order valence-electron chi connectivity index (χ2n) is 5.32. The van der Waals surface area contributed by atoms with Crippen LogP contribution in [0.5, 0.6) is 0 Å². The molecule has 0 saturated heterocycles. The fourth-order valence-electron chi connectivity index (χ4n) is 2.90. The summed E-state index contributed by atoms with van der Waals surface area (Å²) in [5.41, 5.74) is 3.96. The van der Waals surface area contributed by atoms with Gasteiger partial charge < -0.3 is 5.32 Å². The van der Waals surface area contributed by atoms with Crippen LogP contribution in [0.4, 0.5) is 0 Å². The van der Waals surface area contributed by atoms with Crippen molar-refractivity contribution < 1.29 is 4.79 Å². The largest absolute Gasteiger partial charge is 0.309 e.